The fourth-order valence-electron chi connectivity index (χ4n) is 10.1. The van der Waals surface area contributed by atoms with Gasteiger partial charge in [0.25, 0.3) is 0 Å². The van der Waals surface area contributed by atoms with Crippen LogP contribution in [0.3, 0.4) is 0 Å². The maximum absolute atomic E-state index is 13.0. The summed E-state index contributed by atoms with van der Waals surface area (Å²) in [5.74, 6) is -1.27. The van der Waals surface area contributed by atoms with E-state index in [4.69, 9.17) is 37.0 Å². The number of phosphoric ester groups is 2. The van der Waals surface area contributed by atoms with Gasteiger partial charge in [-0.05, 0) is 31.6 Å². The van der Waals surface area contributed by atoms with Crippen LogP contribution in [0.4, 0.5) is 0 Å². The van der Waals surface area contributed by atoms with E-state index in [0.29, 0.717) is 25.7 Å². The third-order valence-electron chi connectivity index (χ3n) is 15.9. The van der Waals surface area contributed by atoms with Gasteiger partial charge in [0.15, 0.2) is 12.2 Å². The van der Waals surface area contributed by atoms with Crippen molar-refractivity contribution in [2.24, 2.45) is 5.92 Å². The fraction of sp³-hybridized carbons (Fsp3) is 0.940. The Morgan fingerprint density at radius 3 is 0.826 bits per heavy atom. The lowest BCUT2D eigenvalue weighted by Gasteiger charge is -2.21. The van der Waals surface area contributed by atoms with Crippen LogP contribution in [0.25, 0.3) is 0 Å². The van der Waals surface area contributed by atoms with Crippen molar-refractivity contribution in [1.29, 1.82) is 0 Å². The second-order valence-corrected chi connectivity index (χ2v) is 27.4. The number of hydrogen-bond donors (Lipinski definition) is 3. The van der Waals surface area contributed by atoms with Crippen molar-refractivity contribution in [3.05, 3.63) is 0 Å². The van der Waals surface area contributed by atoms with Gasteiger partial charge in [-0.2, -0.15) is 0 Å². The predicted molar refractivity (Wildman–Crippen MR) is 345 cm³/mol. The van der Waals surface area contributed by atoms with Gasteiger partial charge in [0.05, 0.1) is 26.4 Å². The Kier molecular flexibility index (Phi) is 59.2. The molecule has 0 radical (unpaired) electrons. The smallest absolute Gasteiger partial charge is 0.462 e. The Bertz CT molecular complexity index is 1670. The first-order valence-corrected chi connectivity index (χ1v) is 38.2. The van der Waals surface area contributed by atoms with Crippen molar-refractivity contribution < 1.29 is 80.2 Å². The number of carbonyl (C=O) groups is 4. The van der Waals surface area contributed by atoms with E-state index in [0.717, 1.165) is 121 Å². The molecule has 0 bridgehead atoms. The second-order valence-electron chi connectivity index (χ2n) is 24.5. The summed E-state index contributed by atoms with van der Waals surface area (Å²) >= 11 is 0. The van der Waals surface area contributed by atoms with E-state index in [1.807, 2.05) is 0 Å². The molecule has 510 valence electrons. The van der Waals surface area contributed by atoms with E-state index >= 15 is 0 Å². The normalized spacial score (nSPS) is 14.5. The number of rotatable bonds is 67. The van der Waals surface area contributed by atoms with Crippen molar-refractivity contribution in [2.75, 3.05) is 39.6 Å². The quantitative estimate of drug-likeness (QED) is 0.0222. The maximum Gasteiger partial charge on any atom is 0.472 e. The number of ether oxygens (including phenoxy) is 4. The Morgan fingerprint density at radius 1 is 0.326 bits per heavy atom. The molecule has 3 unspecified atom stereocenters. The van der Waals surface area contributed by atoms with Gasteiger partial charge in [-0.1, -0.05) is 291 Å². The van der Waals surface area contributed by atoms with Crippen LogP contribution in [0.5, 0.6) is 0 Å². The molecule has 0 fully saturated rings. The van der Waals surface area contributed by atoms with Gasteiger partial charge in [-0.3, -0.25) is 37.3 Å². The summed E-state index contributed by atoms with van der Waals surface area (Å²) in [4.78, 5) is 72.0. The maximum atomic E-state index is 13.0. The average Bonchev–Trinajstić information content (AvgIpc) is 3.69. The minimum absolute atomic E-state index is 0.104. The zero-order chi connectivity index (χ0) is 63.5. The molecule has 0 aliphatic rings. The Morgan fingerprint density at radius 2 is 0.558 bits per heavy atom. The molecule has 0 aliphatic heterocycles. The molecule has 0 aromatic rings. The van der Waals surface area contributed by atoms with Crippen molar-refractivity contribution >= 4 is 39.5 Å². The molecule has 17 nitrogen and oxygen atoms in total. The molecule has 6 atom stereocenters. The average molecular weight is 1270 g/mol. The molecule has 0 spiro atoms. The molecule has 0 aromatic carbocycles. The molecule has 0 saturated heterocycles. The SMILES string of the molecule is CCCCCCCCCCCCC(=O)OC[C@H](COP(=O)(O)OC[C@@H](O)COP(=O)(O)OC[C@@H](COC(=O)CCCCCCCCC)OC(=O)CCCCCCCCC)OC(=O)CCCCCCCCCCCCCCCCCCCCC(C)CC. The second kappa shape index (κ2) is 60.6. The lowest BCUT2D eigenvalue weighted by molar-refractivity contribution is -0.161. The highest BCUT2D eigenvalue weighted by molar-refractivity contribution is 7.47. The van der Waals surface area contributed by atoms with Crippen molar-refractivity contribution in [3.63, 3.8) is 0 Å². The van der Waals surface area contributed by atoms with E-state index in [1.54, 1.807) is 0 Å². The van der Waals surface area contributed by atoms with Gasteiger partial charge in [0.1, 0.15) is 19.3 Å². The fourth-order valence-corrected chi connectivity index (χ4v) is 11.7. The summed E-state index contributed by atoms with van der Waals surface area (Å²) in [5, 5.41) is 10.5. The highest BCUT2D eigenvalue weighted by Gasteiger charge is 2.30. The van der Waals surface area contributed by atoms with Gasteiger partial charge < -0.3 is 33.8 Å². The summed E-state index contributed by atoms with van der Waals surface area (Å²) in [5.41, 5.74) is 0. The van der Waals surface area contributed by atoms with Crippen LogP contribution in [-0.4, -0.2) is 96.7 Å². The molecule has 0 aliphatic carbocycles. The number of carbonyl (C=O) groups excluding carboxylic acids is 4. The Hall–Kier alpha value is -1.94. The molecular weight excluding hydrogens is 1140 g/mol. The number of aliphatic hydroxyl groups excluding tert-OH is 1. The van der Waals surface area contributed by atoms with Gasteiger partial charge in [-0.25, -0.2) is 9.13 Å². The van der Waals surface area contributed by atoms with Crippen LogP contribution in [0.1, 0.15) is 343 Å². The predicted octanol–water partition coefficient (Wildman–Crippen LogP) is 19.0. The standard InChI is InChI=1S/C67H130O17P2/c1-6-10-13-16-19-20-32-37-41-46-51-65(70)78-57-63(84-67(72)53-48-43-38-33-30-28-26-24-22-21-23-25-27-29-31-36-39-44-49-60(5)9-4)59-82-86(75,76)80-55-61(68)54-79-85(73,74)81-58-62(83-66(71)52-47-42-35-18-15-12-8-3)56-77-64(69)50-45-40-34-17-14-11-7-2/h60-63,68H,6-59H2,1-5H3,(H,73,74)(H,75,76)/t60?,61-,62+,63+/m0/s1. The van der Waals surface area contributed by atoms with E-state index < -0.39 is 97.5 Å². The van der Waals surface area contributed by atoms with Crippen LogP contribution >= 0.6 is 15.6 Å². The summed E-state index contributed by atoms with van der Waals surface area (Å²) in [7, 11) is -9.88. The summed E-state index contributed by atoms with van der Waals surface area (Å²) in [6.45, 7) is 7.19. The highest BCUT2D eigenvalue weighted by Crippen LogP contribution is 2.45. The van der Waals surface area contributed by atoms with E-state index in [2.05, 4.69) is 34.6 Å². The minimum Gasteiger partial charge on any atom is -0.462 e. The number of unbranched alkanes of at least 4 members (excludes halogenated alkanes) is 38. The molecule has 0 aromatic heterocycles. The molecule has 0 heterocycles. The Balaban J connectivity index is 5.06. The lowest BCUT2D eigenvalue weighted by atomic mass is 9.99. The first-order valence-electron chi connectivity index (χ1n) is 35.2. The minimum atomic E-state index is -4.94. The van der Waals surface area contributed by atoms with E-state index in [9.17, 15) is 43.2 Å². The van der Waals surface area contributed by atoms with Crippen LogP contribution < -0.4 is 0 Å². The topological polar surface area (TPSA) is 237 Å². The van der Waals surface area contributed by atoms with Gasteiger partial charge in [-0.15, -0.1) is 0 Å². The lowest BCUT2D eigenvalue weighted by Crippen LogP contribution is -2.30. The van der Waals surface area contributed by atoms with Crippen molar-refractivity contribution in [2.45, 2.75) is 361 Å². The zero-order valence-electron chi connectivity index (χ0n) is 55.4. The zero-order valence-corrected chi connectivity index (χ0v) is 57.2. The van der Waals surface area contributed by atoms with Gasteiger partial charge in [0.2, 0.25) is 0 Å². The number of phosphoric acid groups is 2. The van der Waals surface area contributed by atoms with Crippen LogP contribution in [0.15, 0.2) is 0 Å². The third kappa shape index (κ3) is 59.7. The van der Waals surface area contributed by atoms with Crippen molar-refractivity contribution in [3.8, 4) is 0 Å². The summed E-state index contributed by atoms with van der Waals surface area (Å²) < 4.78 is 67.8. The molecule has 0 saturated carbocycles. The molecule has 0 rings (SSSR count). The highest BCUT2D eigenvalue weighted by atomic mass is 31.2. The van der Waals surface area contributed by atoms with Crippen LogP contribution in [-0.2, 0) is 65.4 Å². The molecular formula is C67H130O17P2. The Labute approximate surface area is 524 Å². The van der Waals surface area contributed by atoms with Crippen molar-refractivity contribution in [1.82, 2.24) is 0 Å². The van der Waals surface area contributed by atoms with Gasteiger partial charge >= 0.3 is 39.5 Å². The summed E-state index contributed by atoms with van der Waals surface area (Å²) in [6, 6.07) is 0. The van der Waals surface area contributed by atoms with E-state index in [1.165, 1.54) is 141 Å². The molecule has 86 heavy (non-hydrogen) atoms. The molecule has 19 heteroatoms. The molecule has 3 N–H and O–H groups in total. The monoisotopic (exact) mass is 1270 g/mol. The number of aliphatic hydroxyl groups is 1. The molecule has 0 amide bonds. The number of esters is 4. The van der Waals surface area contributed by atoms with Gasteiger partial charge in [0, 0.05) is 25.7 Å². The first-order chi connectivity index (χ1) is 41.6. The number of hydrogen-bond acceptors (Lipinski definition) is 15. The largest absolute Gasteiger partial charge is 0.472 e. The summed E-state index contributed by atoms with van der Waals surface area (Å²) in [6.07, 6.45) is 46.2. The van der Waals surface area contributed by atoms with E-state index in [-0.39, 0.29) is 25.7 Å². The third-order valence-corrected chi connectivity index (χ3v) is 17.8. The van der Waals surface area contributed by atoms with Crippen LogP contribution in [0.2, 0.25) is 0 Å². The van der Waals surface area contributed by atoms with Crippen LogP contribution in [0, 0.1) is 5.92 Å². The first kappa shape index (κ1) is 84.1.